The highest BCUT2D eigenvalue weighted by Crippen LogP contribution is 2.31. The summed E-state index contributed by atoms with van der Waals surface area (Å²) in [5.74, 6) is -0.121. The fourth-order valence-corrected chi connectivity index (χ4v) is 2.72. The quantitative estimate of drug-likeness (QED) is 0.565. The molecule has 104 valence electrons. The molecule has 0 aromatic carbocycles. The zero-order valence-corrected chi connectivity index (χ0v) is 10.8. The molecule has 2 unspecified atom stereocenters. The normalized spacial score (nSPS) is 29.4. The molecule has 1 aliphatic heterocycles. The van der Waals surface area contributed by atoms with Crippen molar-refractivity contribution in [3.05, 3.63) is 0 Å². The van der Waals surface area contributed by atoms with Gasteiger partial charge in [0.25, 0.3) is 0 Å². The third-order valence-electron chi connectivity index (χ3n) is 3.86. The molecule has 2 aliphatic rings. The van der Waals surface area contributed by atoms with Gasteiger partial charge in [-0.1, -0.05) is 0 Å². The van der Waals surface area contributed by atoms with Gasteiger partial charge in [-0.15, -0.1) is 0 Å². The number of aliphatic carboxylic acids is 1. The standard InChI is InChI=1S/C13H24N2O3/c16-5-1-4-14-12-6-11(13(17)18)8-15(9-12)7-10-2-3-10/h10-12,14,16H,1-9H2,(H,17,18). The molecule has 1 aliphatic carbocycles. The molecule has 5 nitrogen and oxygen atoms in total. The van der Waals surface area contributed by atoms with Gasteiger partial charge in [0.2, 0.25) is 0 Å². The third-order valence-corrected chi connectivity index (χ3v) is 3.86. The van der Waals surface area contributed by atoms with Gasteiger partial charge in [-0.25, -0.2) is 0 Å². The minimum atomic E-state index is -0.676. The van der Waals surface area contributed by atoms with E-state index in [0.29, 0.717) is 13.0 Å². The molecule has 3 N–H and O–H groups in total. The zero-order chi connectivity index (χ0) is 13.0. The molecule has 18 heavy (non-hydrogen) atoms. The molecule has 0 bridgehead atoms. The van der Waals surface area contributed by atoms with Gasteiger partial charge in [0.15, 0.2) is 0 Å². The summed E-state index contributed by atoms with van der Waals surface area (Å²) in [5.41, 5.74) is 0. The summed E-state index contributed by atoms with van der Waals surface area (Å²) in [6.45, 7) is 3.66. The third kappa shape index (κ3) is 4.23. The van der Waals surface area contributed by atoms with Crippen molar-refractivity contribution in [2.75, 3.05) is 32.8 Å². The monoisotopic (exact) mass is 256 g/mol. The van der Waals surface area contributed by atoms with Crippen LogP contribution < -0.4 is 5.32 Å². The molecule has 0 amide bonds. The van der Waals surface area contributed by atoms with E-state index >= 15 is 0 Å². The molecular weight excluding hydrogens is 232 g/mol. The Labute approximate surface area is 108 Å². The van der Waals surface area contributed by atoms with Crippen LogP contribution in [0.15, 0.2) is 0 Å². The Morgan fingerprint density at radius 3 is 2.72 bits per heavy atom. The summed E-state index contributed by atoms with van der Waals surface area (Å²) < 4.78 is 0. The maximum absolute atomic E-state index is 11.2. The van der Waals surface area contributed by atoms with Crippen molar-refractivity contribution < 1.29 is 15.0 Å². The van der Waals surface area contributed by atoms with Crippen LogP contribution in [-0.4, -0.2) is 59.9 Å². The number of piperidine rings is 1. The van der Waals surface area contributed by atoms with Crippen molar-refractivity contribution in [3.8, 4) is 0 Å². The van der Waals surface area contributed by atoms with E-state index in [0.717, 1.165) is 32.0 Å². The zero-order valence-electron chi connectivity index (χ0n) is 10.8. The number of hydrogen-bond donors (Lipinski definition) is 3. The van der Waals surface area contributed by atoms with E-state index in [4.69, 9.17) is 5.11 Å². The molecule has 2 rings (SSSR count). The van der Waals surface area contributed by atoms with E-state index < -0.39 is 5.97 Å². The largest absolute Gasteiger partial charge is 0.481 e. The second kappa shape index (κ2) is 6.50. The molecule has 1 saturated heterocycles. The van der Waals surface area contributed by atoms with Crippen LogP contribution in [0.3, 0.4) is 0 Å². The molecule has 0 aromatic heterocycles. The van der Waals surface area contributed by atoms with Crippen LogP contribution in [0, 0.1) is 11.8 Å². The molecular formula is C13H24N2O3. The first kappa shape index (κ1) is 13.8. The summed E-state index contributed by atoms with van der Waals surface area (Å²) in [5, 5.41) is 21.3. The van der Waals surface area contributed by atoms with E-state index in [-0.39, 0.29) is 18.6 Å². The Kier molecular flexibility index (Phi) is 4.97. The van der Waals surface area contributed by atoms with E-state index in [1.807, 2.05) is 0 Å². The highest BCUT2D eigenvalue weighted by molar-refractivity contribution is 5.70. The van der Waals surface area contributed by atoms with Gasteiger partial charge in [0, 0.05) is 32.3 Å². The first-order chi connectivity index (χ1) is 8.69. The van der Waals surface area contributed by atoms with Crippen molar-refractivity contribution in [3.63, 3.8) is 0 Å². The fourth-order valence-electron chi connectivity index (χ4n) is 2.72. The molecule has 1 saturated carbocycles. The van der Waals surface area contributed by atoms with Crippen molar-refractivity contribution in [2.24, 2.45) is 11.8 Å². The molecule has 1 heterocycles. The Hall–Kier alpha value is -0.650. The van der Waals surface area contributed by atoms with Gasteiger partial charge in [-0.3, -0.25) is 4.79 Å². The predicted molar refractivity (Wildman–Crippen MR) is 68.4 cm³/mol. The summed E-state index contributed by atoms with van der Waals surface area (Å²) in [6, 6.07) is 0.255. The topological polar surface area (TPSA) is 72.8 Å². The van der Waals surface area contributed by atoms with Crippen LogP contribution in [0.2, 0.25) is 0 Å². The van der Waals surface area contributed by atoms with Gasteiger partial charge < -0.3 is 20.4 Å². The summed E-state index contributed by atoms with van der Waals surface area (Å²) in [7, 11) is 0. The number of likely N-dealkylation sites (tertiary alicyclic amines) is 1. The second-order valence-electron chi connectivity index (χ2n) is 5.66. The summed E-state index contributed by atoms with van der Waals surface area (Å²) in [4.78, 5) is 13.5. The van der Waals surface area contributed by atoms with Crippen LogP contribution in [0.25, 0.3) is 0 Å². The van der Waals surface area contributed by atoms with E-state index in [2.05, 4.69) is 10.2 Å². The smallest absolute Gasteiger partial charge is 0.307 e. The SMILES string of the molecule is O=C(O)C1CC(NCCCO)CN(CC2CC2)C1. The first-order valence-electron chi connectivity index (χ1n) is 6.98. The molecule has 0 aromatic rings. The number of carboxylic acids is 1. The van der Waals surface area contributed by atoms with Crippen LogP contribution >= 0.6 is 0 Å². The Morgan fingerprint density at radius 1 is 1.33 bits per heavy atom. The molecule has 2 fully saturated rings. The van der Waals surface area contributed by atoms with Crippen molar-refractivity contribution in [1.29, 1.82) is 0 Å². The van der Waals surface area contributed by atoms with Crippen LogP contribution in [-0.2, 0) is 4.79 Å². The van der Waals surface area contributed by atoms with Crippen LogP contribution in [0.1, 0.15) is 25.7 Å². The second-order valence-corrected chi connectivity index (χ2v) is 5.66. The van der Waals surface area contributed by atoms with Gasteiger partial charge in [-0.2, -0.15) is 0 Å². The van der Waals surface area contributed by atoms with Gasteiger partial charge in [0.1, 0.15) is 0 Å². The van der Waals surface area contributed by atoms with Gasteiger partial charge >= 0.3 is 5.97 Å². The average Bonchev–Trinajstić information content (AvgIpc) is 3.13. The highest BCUT2D eigenvalue weighted by atomic mass is 16.4. The average molecular weight is 256 g/mol. The number of rotatable bonds is 7. The van der Waals surface area contributed by atoms with Crippen molar-refractivity contribution in [2.45, 2.75) is 31.7 Å². The Balaban J connectivity index is 1.82. The maximum atomic E-state index is 11.2. The van der Waals surface area contributed by atoms with Crippen molar-refractivity contribution >= 4 is 5.97 Å². The number of nitrogens with zero attached hydrogens (tertiary/aromatic N) is 1. The first-order valence-corrected chi connectivity index (χ1v) is 6.98. The van der Waals surface area contributed by atoms with E-state index in [9.17, 15) is 9.90 Å². The summed E-state index contributed by atoms with van der Waals surface area (Å²) in [6.07, 6.45) is 4.05. The lowest BCUT2D eigenvalue weighted by Crippen LogP contribution is -2.51. The number of carbonyl (C=O) groups is 1. The van der Waals surface area contributed by atoms with Gasteiger partial charge in [0.05, 0.1) is 5.92 Å². The Bertz CT molecular complexity index is 281. The lowest BCUT2D eigenvalue weighted by atomic mass is 9.94. The predicted octanol–water partition coefficient (Wildman–Crippen LogP) is 0.144. The van der Waals surface area contributed by atoms with Crippen LogP contribution in [0.4, 0.5) is 0 Å². The number of hydrogen-bond acceptors (Lipinski definition) is 4. The minimum absolute atomic E-state index is 0.188. The molecule has 2 atom stereocenters. The minimum Gasteiger partial charge on any atom is -0.481 e. The lowest BCUT2D eigenvalue weighted by Gasteiger charge is -2.36. The fraction of sp³-hybridized carbons (Fsp3) is 0.923. The highest BCUT2D eigenvalue weighted by Gasteiger charge is 2.34. The lowest BCUT2D eigenvalue weighted by molar-refractivity contribution is -0.144. The van der Waals surface area contributed by atoms with E-state index in [1.165, 1.54) is 12.8 Å². The maximum Gasteiger partial charge on any atom is 0.307 e. The molecule has 0 radical (unpaired) electrons. The molecule has 0 spiro atoms. The Morgan fingerprint density at radius 2 is 2.11 bits per heavy atom. The number of aliphatic hydroxyl groups is 1. The van der Waals surface area contributed by atoms with Crippen molar-refractivity contribution in [1.82, 2.24) is 10.2 Å². The van der Waals surface area contributed by atoms with E-state index in [1.54, 1.807) is 0 Å². The van der Waals surface area contributed by atoms with Crippen LogP contribution in [0.5, 0.6) is 0 Å². The number of aliphatic hydroxyl groups excluding tert-OH is 1. The number of nitrogens with one attached hydrogen (secondary N) is 1. The van der Waals surface area contributed by atoms with Gasteiger partial charge in [-0.05, 0) is 38.1 Å². The summed E-state index contributed by atoms with van der Waals surface area (Å²) >= 11 is 0. The molecule has 5 heteroatoms. The number of carboxylic acid groups (broad SMARTS) is 1.